The maximum atomic E-state index is 13.7. The SMILES string of the molecule is COC(=O)c1ccc(N2CCOCC2)cc1F. The van der Waals surface area contributed by atoms with Crippen LogP contribution in [0.15, 0.2) is 18.2 Å². The van der Waals surface area contributed by atoms with E-state index >= 15 is 0 Å². The lowest BCUT2D eigenvalue weighted by molar-refractivity contribution is 0.0595. The summed E-state index contributed by atoms with van der Waals surface area (Å²) in [5, 5.41) is 0. The first-order valence-electron chi connectivity index (χ1n) is 5.43. The average Bonchev–Trinajstić information content (AvgIpc) is 2.39. The van der Waals surface area contributed by atoms with Gasteiger partial charge in [-0.2, -0.15) is 0 Å². The predicted molar refractivity (Wildman–Crippen MR) is 60.8 cm³/mol. The molecule has 0 aromatic heterocycles. The number of hydrogen-bond donors (Lipinski definition) is 0. The third kappa shape index (κ3) is 2.55. The molecule has 0 aliphatic carbocycles. The van der Waals surface area contributed by atoms with Gasteiger partial charge < -0.3 is 14.4 Å². The van der Waals surface area contributed by atoms with Crippen molar-refractivity contribution in [2.75, 3.05) is 38.3 Å². The van der Waals surface area contributed by atoms with Crippen molar-refractivity contribution in [2.24, 2.45) is 0 Å². The van der Waals surface area contributed by atoms with Crippen molar-refractivity contribution in [3.63, 3.8) is 0 Å². The highest BCUT2D eigenvalue weighted by atomic mass is 19.1. The van der Waals surface area contributed by atoms with Crippen LogP contribution in [0, 0.1) is 5.82 Å². The molecule has 1 heterocycles. The molecule has 0 radical (unpaired) electrons. The molecule has 5 heteroatoms. The fourth-order valence-corrected chi connectivity index (χ4v) is 1.80. The molecule has 0 amide bonds. The molecule has 0 saturated carbocycles. The van der Waals surface area contributed by atoms with Crippen LogP contribution < -0.4 is 4.90 Å². The molecule has 0 unspecified atom stereocenters. The minimum atomic E-state index is -0.656. The van der Waals surface area contributed by atoms with E-state index in [1.165, 1.54) is 19.2 Å². The molecular formula is C12H14FNO3. The molecule has 17 heavy (non-hydrogen) atoms. The van der Waals surface area contributed by atoms with E-state index in [1.54, 1.807) is 6.07 Å². The van der Waals surface area contributed by atoms with E-state index in [4.69, 9.17) is 4.74 Å². The summed E-state index contributed by atoms with van der Waals surface area (Å²) in [6, 6.07) is 4.53. The number of esters is 1. The maximum Gasteiger partial charge on any atom is 0.340 e. The zero-order valence-corrected chi connectivity index (χ0v) is 9.61. The van der Waals surface area contributed by atoms with Gasteiger partial charge in [0.05, 0.1) is 25.9 Å². The molecule has 0 atom stereocenters. The lowest BCUT2D eigenvalue weighted by atomic mass is 10.1. The molecule has 1 aliphatic heterocycles. The van der Waals surface area contributed by atoms with Gasteiger partial charge >= 0.3 is 5.97 Å². The normalized spacial score (nSPS) is 15.8. The number of carbonyl (C=O) groups is 1. The van der Waals surface area contributed by atoms with Crippen LogP contribution >= 0.6 is 0 Å². The number of benzene rings is 1. The first-order chi connectivity index (χ1) is 8.22. The Balaban J connectivity index is 2.20. The number of rotatable bonds is 2. The summed E-state index contributed by atoms with van der Waals surface area (Å²) in [4.78, 5) is 13.2. The van der Waals surface area contributed by atoms with Gasteiger partial charge in [-0.1, -0.05) is 0 Å². The minimum Gasteiger partial charge on any atom is -0.465 e. The highest BCUT2D eigenvalue weighted by Crippen LogP contribution is 2.20. The molecule has 4 nitrogen and oxygen atoms in total. The topological polar surface area (TPSA) is 38.8 Å². The Bertz CT molecular complexity index is 416. The van der Waals surface area contributed by atoms with Crippen LogP contribution in [0.1, 0.15) is 10.4 Å². The molecule has 0 N–H and O–H groups in total. The van der Waals surface area contributed by atoms with Gasteiger partial charge in [-0.15, -0.1) is 0 Å². The second kappa shape index (κ2) is 5.14. The zero-order chi connectivity index (χ0) is 12.3. The molecular weight excluding hydrogens is 225 g/mol. The van der Waals surface area contributed by atoms with Gasteiger partial charge in [-0.3, -0.25) is 0 Å². The van der Waals surface area contributed by atoms with Crippen molar-refractivity contribution in [3.05, 3.63) is 29.6 Å². The lowest BCUT2D eigenvalue weighted by Gasteiger charge is -2.28. The van der Waals surface area contributed by atoms with Gasteiger partial charge in [-0.25, -0.2) is 9.18 Å². The summed E-state index contributed by atoms with van der Waals surface area (Å²) in [5.74, 6) is -1.21. The van der Waals surface area contributed by atoms with Crippen molar-refractivity contribution in [1.29, 1.82) is 0 Å². The molecule has 1 aromatic carbocycles. The Kier molecular flexibility index (Phi) is 3.58. The number of hydrogen-bond acceptors (Lipinski definition) is 4. The van der Waals surface area contributed by atoms with E-state index in [9.17, 15) is 9.18 Å². The number of carbonyl (C=O) groups excluding carboxylic acids is 1. The predicted octanol–water partition coefficient (Wildman–Crippen LogP) is 1.45. The largest absolute Gasteiger partial charge is 0.465 e. The van der Waals surface area contributed by atoms with E-state index < -0.39 is 11.8 Å². The number of nitrogens with zero attached hydrogens (tertiary/aromatic N) is 1. The zero-order valence-electron chi connectivity index (χ0n) is 9.61. The Morgan fingerprint density at radius 2 is 2.12 bits per heavy atom. The average molecular weight is 239 g/mol. The summed E-state index contributed by atoms with van der Waals surface area (Å²) in [6.07, 6.45) is 0. The van der Waals surface area contributed by atoms with Crippen molar-refractivity contribution in [1.82, 2.24) is 0 Å². The number of halogens is 1. The van der Waals surface area contributed by atoms with Gasteiger partial charge in [0.2, 0.25) is 0 Å². The van der Waals surface area contributed by atoms with E-state index in [2.05, 4.69) is 4.74 Å². The molecule has 0 spiro atoms. The second-order valence-corrected chi connectivity index (χ2v) is 3.76. The maximum absolute atomic E-state index is 13.7. The van der Waals surface area contributed by atoms with Crippen molar-refractivity contribution in [3.8, 4) is 0 Å². The van der Waals surface area contributed by atoms with Crippen LogP contribution in [0.4, 0.5) is 10.1 Å². The fourth-order valence-electron chi connectivity index (χ4n) is 1.80. The van der Waals surface area contributed by atoms with E-state index in [0.29, 0.717) is 13.2 Å². The Hall–Kier alpha value is -1.62. The van der Waals surface area contributed by atoms with Gasteiger partial charge in [-0.05, 0) is 18.2 Å². The Morgan fingerprint density at radius 3 is 2.71 bits per heavy atom. The van der Waals surface area contributed by atoms with Crippen LogP contribution in [0.2, 0.25) is 0 Å². The smallest absolute Gasteiger partial charge is 0.340 e. The first-order valence-corrected chi connectivity index (χ1v) is 5.43. The minimum absolute atomic E-state index is 0.0375. The Morgan fingerprint density at radius 1 is 1.41 bits per heavy atom. The van der Waals surface area contributed by atoms with Gasteiger partial charge in [0.25, 0.3) is 0 Å². The van der Waals surface area contributed by atoms with Crippen LogP contribution in [0.3, 0.4) is 0 Å². The summed E-state index contributed by atoms with van der Waals surface area (Å²) in [5.41, 5.74) is 0.725. The highest BCUT2D eigenvalue weighted by molar-refractivity contribution is 5.90. The number of methoxy groups -OCH3 is 1. The van der Waals surface area contributed by atoms with Gasteiger partial charge in [0.15, 0.2) is 0 Å². The highest BCUT2D eigenvalue weighted by Gasteiger charge is 2.16. The molecule has 0 bridgehead atoms. The van der Waals surface area contributed by atoms with Gasteiger partial charge in [0.1, 0.15) is 5.82 Å². The second-order valence-electron chi connectivity index (χ2n) is 3.76. The molecule has 1 aromatic rings. The van der Waals surface area contributed by atoms with E-state index in [1.807, 2.05) is 4.90 Å². The van der Waals surface area contributed by atoms with Crippen LogP contribution in [-0.4, -0.2) is 39.4 Å². The summed E-state index contributed by atoms with van der Waals surface area (Å²) in [6.45, 7) is 2.74. The molecule has 1 fully saturated rings. The molecule has 2 rings (SSSR count). The van der Waals surface area contributed by atoms with Crippen molar-refractivity contribution < 1.29 is 18.7 Å². The van der Waals surface area contributed by atoms with Crippen LogP contribution in [0.5, 0.6) is 0 Å². The number of anilines is 1. The first kappa shape index (κ1) is 11.9. The third-order valence-corrected chi connectivity index (χ3v) is 2.73. The number of ether oxygens (including phenoxy) is 2. The van der Waals surface area contributed by atoms with E-state index in [-0.39, 0.29) is 5.56 Å². The van der Waals surface area contributed by atoms with Crippen LogP contribution in [-0.2, 0) is 9.47 Å². The van der Waals surface area contributed by atoms with Crippen molar-refractivity contribution >= 4 is 11.7 Å². The van der Waals surface area contributed by atoms with E-state index in [0.717, 1.165) is 18.8 Å². The standard InChI is InChI=1S/C12H14FNO3/c1-16-12(15)10-3-2-9(8-11(10)13)14-4-6-17-7-5-14/h2-3,8H,4-7H2,1H3. The summed E-state index contributed by atoms with van der Waals surface area (Å²) >= 11 is 0. The summed E-state index contributed by atoms with van der Waals surface area (Å²) in [7, 11) is 1.23. The van der Waals surface area contributed by atoms with Crippen molar-refractivity contribution in [2.45, 2.75) is 0 Å². The molecule has 1 aliphatic rings. The number of morpholine rings is 1. The Labute approximate surface area is 98.9 Å². The van der Waals surface area contributed by atoms with Crippen LogP contribution in [0.25, 0.3) is 0 Å². The third-order valence-electron chi connectivity index (χ3n) is 2.73. The fraction of sp³-hybridized carbons (Fsp3) is 0.417. The molecule has 92 valence electrons. The molecule has 1 saturated heterocycles. The van der Waals surface area contributed by atoms with Gasteiger partial charge in [0, 0.05) is 18.8 Å². The lowest BCUT2D eigenvalue weighted by Crippen LogP contribution is -2.36. The summed E-state index contributed by atoms with van der Waals surface area (Å²) < 4.78 is 23.4. The quantitative estimate of drug-likeness (QED) is 0.732. The monoisotopic (exact) mass is 239 g/mol.